The minimum atomic E-state index is -0.639. The Bertz CT molecular complexity index is 2970. The molecule has 1 amide bonds. The fourth-order valence-corrected chi connectivity index (χ4v) is 7.31. The molecule has 2 aromatic carbocycles. The van der Waals surface area contributed by atoms with E-state index in [0.717, 1.165) is 86.2 Å². The number of anilines is 6. The SMILES string of the molecule is CC(=O)OOC(C)=O.CC(C)(C)OC(=O)N1CCC(CC=O)CC1.N#Cc1ccc(Nc2ncc(-c3ccccc3N)cn2)cn1.N#Cc1ccc(Nc2ncc(-c3ccccc3NCC3CCNCC3)cn2)cn1.[B-]OC(C)=O.[Na+]. The molecular formula is C56H65BN14NaO9. The molecule has 0 spiro atoms. The monoisotopic (exact) mass is 1110 g/mol. The first-order valence-electron chi connectivity index (χ1n) is 25.3. The van der Waals surface area contributed by atoms with E-state index in [2.05, 4.69) is 85.8 Å². The van der Waals surface area contributed by atoms with E-state index in [4.69, 9.17) is 21.0 Å². The molecule has 81 heavy (non-hydrogen) atoms. The van der Waals surface area contributed by atoms with Crippen molar-refractivity contribution < 1.29 is 72.7 Å². The van der Waals surface area contributed by atoms with Gasteiger partial charge < -0.3 is 54.1 Å². The predicted octanol–water partition coefficient (Wildman–Crippen LogP) is 5.19. The standard InChI is InChI=1S/C22H23N7.C16H12N6.C12H21NO3.C4H6O4.C2H3BO2.Na/c23-11-18-5-6-19(15-25-18)29-22-27-13-17(14-28-22)20-3-1-2-4-21(20)26-12-16-7-9-24-10-8-16;17-7-12-5-6-13(10-19-12)22-16-20-8-11(9-21-16)14-3-1-2-4-15(14)18;1-12(2,3)16-11(15)13-7-4-10(5-8-13)6-9-14;1-3(5)7-8-4(2)6;1-2(4)5-3;/h1-6,13-16,24,26H,7-10,12H2,(H,27,28,29);1-6,8-10H,18H2,(H,20,21,22);9-10H,4-8H2,1-3H3;1-2H3;1H3;/q;;;;-1;+1. The van der Waals surface area contributed by atoms with Gasteiger partial charge in [-0.1, -0.05) is 36.4 Å². The maximum Gasteiger partial charge on any atom is 1.00 e. The average Bonchev–Trinajstić information content (AvgIpc) is 3.46. The molecule has 417 valence electrons. The molecule has 4 aromatic heterocycles. The van der Waals surface area contributed by atoms with E-state index in [1.54, 1.807) is 54.0 Å². The Hall–Kier alpha value is -8.55. The van der Waals surface area contributed by atoms with Crippen LogP contribution in [-0.2, 0) is 38.3 Å². The molecule has 0 bridgehead atoms. The molecule has 0 aliphatic carbocycles. The number of ether oxygens (including phenoxy) is 1. The summed E-state index contributed by atoms with van der Waals surface area (Å²) in [6, 6.07) is 26.6. The van der Waals surface area contributed by atoms with Gasteiger partial charge in [0.2, 0.25) is 17.9 Å². The maximum absolute atomic E-state index is 11.7. The second kappa shape index (κ2) is 35.9. The second-order valence-corrected chi connectivity index (χ2v) is 18.7. The summed E-state index contributed by atoms with van der Waals surface area (Å²) in [6.07, 6.45) is 15.8. The van der Waals surface area contributed by atoms with Crippen LogP contribution in [0.2, 0.25) is 0 Å². The Kier molecular flexibility index (Phi) is 29.5. The fraction of sp³-hybridized carbons (Fsp3) is 0.339. The Morgan fingerprint density at radius 3 is 1.58 bits per heavy atom. The number of likely N-dealkylation sites (tertiary alicyclic amines) is 1. The van der Waals surface area contributed by atoms with Gasteiger partial charge in [0.25, 0.3) is 0 Å². The average molecular weight is 1110 g/mol. The van der Waals surface area contributed by atoms with E-state index in [1.807, 2.05) is 81.7 Å². The minimum absolute atomic E-state index is 0. The quantitative estimate of drug-likeness (QED) is 0.0366. The molecule has 0 atom stereocenters. The summed E-state index contributed by atoms with van der Waals surface area (Å²) in [5.74, 6) is 0.333. The first-order valence-corrected chi connectivity index (χ1v) is 25.3. The number of carbonyl (C=O) groups is 5. The molecule has 3 radical (unpaired) electrons. The Morgan fingerprint density at radius 1 is 0.691 bits per heavy atom. The number of para-hydroxylation sites is 2. The molecule has 2 saturated heterocycles. The number of nitriles is 2. The van der Waals surface area contributed by atoms with Crippen molar-refractivity contribution in [2.45, 2.75) is 79.2 Å². The Balaban J connectivity index is 0.000000294. The molecule has 2 aliphatic heterocycles. The third kappa shape index (κ3) is 25.9. The van der Waals surface area contributed by atoms with E-state index < -0.39 is 23.5 Å². The molecule has 6 aromatic rings. The second-order valence-electron chi connectivity index (χ2n) is 18.7. The number of aromatic nitrogens is 6. The molecule has 6 N–H and O–H groups in total. The fourth-order valence-electron chi connectivity index (χ4n) is 7.31. The summed E-state index contributed by atoms with van der Waals surface area (Å²) in [7, 11) is 4.32. The van der Waals surface area contributed by atoms with Gasteiger partial charge in [-0.15, -0.1) is 0 Å². The molecular weight excluding hydrogens is 1050 g/mol. The molecule has 8 rings (SSSR count). The molecule has 0 unspecified atom stereocenters. The van der Waals surface area contributed by atoms with Gasteiger partial charge in [0, 0.05) is 105 Å². The first-order chi connectivity index (χ1) is 38.4. The summed E-state index contributed by atoms with van der Waals surface area (Å²) >= 11 is 0. The number of hydrogen-bond acceptors (Lipinski definition) is 22. The van der Waals surface area contributed by atoms with Crippen LogP contribution in [0.5, 0.6) is 0 Å². The third-order valence-corrected chi connectivity index (χ3v) is 11.3. The van der Waals surface area contributed by atoms with Crippen LogP contribution in [0.25, 0.3) is 22.3 Å². The van der Waals surface area contributed by atoms with E-state index in [9.17, 15) is 24.0 Å². The zero-order valence-electron chi connectivity index (χ0n) is 46.5. The summed E-state index contributed by atoms with van der Waals surface area (Å²) in [6.45, 7) is 13.7. The number of pyridine rings is 2. The van der Waals surface area contributed by atoms with Crippen molar-refractivity contribution in [3.8, 4) is 34.4 Å². The first kappa shape index (κ1) is 66.7. The van der Waals surface area contributed by atoms with Crippen LogP contribution in [0.1, 0.15) is 85.0 Å². The van der Waals surface area contributed by atoms with Crippen LogP contribution in [0, 0.1) is 34.5 Å². The summed E-state index contributed by atoms with van der Waals surface area (Å²) in [5, 5.41) is 30.7. The van der Waals surface area contributed by atoms with Crippen molar-refractivity contribution in [1.29, 1.82) is 10.5 Å². The van der Waals surface area contributed by atoms with Crippen molar-refractivity contribution in [1.82, 2.24) is 40.1 Å². The minimum Gasteiger partial charge on any atom is -0.793 e. The smallest absolute Gasteiger partial charge is 0.793 e. The Labute approximate surface area is 494 Å². The van der Waals surface area contributed by atoms with E-state index in [1.165, 1.54) is 19.8 Å². The van der Waals surface area contributed by atoms with E-state index >= 15 is 0 Å². The largest absolute Gasteiger partial charge is 1.00 e. The van der Waals surface area contributed by atoms with Crippen molar-refractivity contribution in [2.24, 2.45) is 11.8 Å². The van der Waals surface area contributed by atoms with E-state index in [-0.39, 0.29) is 35.7 Å². The van der Waals surface area contributed by atoms with Gasteiger partial charge in [0.15, 0.2) is 0 Å². The maximum atomic E-state index is 11.7. The van der Waals surface area contributed by atoms with Gasteiger partial charge in [-0.25, -0.2) is 54.1 Å². The van der Waals surface area contributed by atoms with Crippen molar-refractivity contribution in [2.75, 3.05) is 54.4 Å². The van der Waals surface area contributed by atoms with Crippen molar-refractivity contribution in [3.63, 3.8) is 0 Å². The summed E-state index contributed by atoms with van der Waals surface area (Å²) in [4.78, 5) is 86.0. The van der Waals surface area contributed by atoms with Crippen molar-refractivity contribution in [3.05, 3.63) is 121 Å². The van der Waals surface area contributed by atoms with Gasteiger partial charge in [-0.05, 0) is 108 Å². The molecule has 2 fully saturated rings. The molecule has 25 heteroatoms. The topological polar surface area (TPSA) is 325 Å². The van der Waals surface area contributed by atoms with Crippen LogP contribution >= 0.6 is 0 Å². The van der Waals surface area contributed by atoms with Gasteiger partial charge in [-0.2, -0.15) is 10.5 Å². The molecule has 6 heterocycles. The van der Waals surface area contributed by atoms with Gasteiger partial charge in [0.1, 0.15) is 35.4 Å². The zero-order valence-corrected chi connectivity index (χ0v) is 48.5. The molecule has 2 aliphatic rings. The van der Waals surface area contributed by atoms with Gasteiger partial charge >= 0.3 is 47.6 Å². The zero-order chi connectivity index (χ0) is 58.3. The number of piperidine rings is 2. The number of nitrogen functional groups attached to an aromatic ring is 1. The predicted molar refractivity (Wildman–Crippen MR) is 300 cm³/mol. The number of benzene rings is 2. The van der Waals surface area contributed by atoms with Crippen LogP contribution < -0.4 is 56.6 Å². The molecule has 0 saturated carbocycles. The van der Waals surface area contributed by atoms with Gasteiger partial charge in [-0.3, -0.25) is 4.79 Å². The summed E-state index contributed by atoms with van der Waals surface area (Å²) < 4.78 is 8.90. The number of amides is 1. The van der Waals surface area contributed by atoms with Crippen LogP contribution in [-0.4, -0.2) is 111 Å². The van der Waals surface area contributed by atoms with Crippen LogP contribution in [0.3, 0.4) is 0 Å². The summed E-state index contributed by atoms with van der Waals surface area (Å²) in [5.41, 5.74) is 13.3. The van der Waals surface area contributed by atoms with Gasteiger partial charge in [0.05, 0.1) is 23.8 Å². The number of rotatable bonds is 11. The number of hydrogen-bond donors (Lipinski definition) is 5. The number of aldehydes is 1. The third-order valence-electron chi connectivity index (χ3n) is 11.3. The number of nitrogens with one attached hydrogen (secondary N) is 4. The Morgan fingerprint density at radius 2 is 1.16 bits per heavy atom. The van der Waals surface area contributed by atoms with Crippen LogP contribution in [0.4, 0.5) is 39.4 Å². The number of carbonyl (C=O) groups excluding carboxylic acids is 5. The number of nitrogens with zero attached hydrogens (tertiary/aromatic N) is 9. The normalized spacial score (nSPS) is 12.6. The van der Waals surface area contributed by atoms with E-state index in [0.29, 0.717) is 66.0 Å². The van der Waals surface area contributed by atoms with Crippen molar-refractivity contribution >= 4 is 73.0 Å². The number of nitrogens with two attached hydrogens (primary N) is 1. The molecule has 23 nitrogen and oxygen atoms in total. The van der Waals surface area contributed by atoms with Crippen LogP contribution in [0.15, 0.2) is 110 Å².